The average molecular weight is 313 g/mol. The standard InChI is InChI=1S/C16H22ClFN2O/c17-12-7-8-14(15(18)11-12)16(21)20-10-9-19-13-5-3-1-2-4-6-13/h7-8,11,13,19H,1-6,9-10H2,(H,20,21). The average Bonchev–Trinajstić information content (AvgIpc) is 2.72. The number of hydrogen-bond donors (Lipinski definition) is 2. The quantitative estimate of drug-likeness (QED) is 0.645. The summed E-state index contributed by atoms with van der Waals surface area (Å²) in [5, 5.41) is 6.48. The van der Waals surface area contributed by atoms with Crippen LogP contribution in [0.25, 0.3) is 0 Å². The van der Waals surface area contributed by atoms with E-state index < -0.39 is 11.7 Å². The molecule has 0 aliphatic heterocycles. The van der Waals surface area contributed by atoms with E-state index in [0.717, 1.165) is 6.07 Å². The smallest absolute Gasteiger partial charge is 0.254 e. The van der Waals surface area contributed by atoms with Crippen molar-refractivity contribution in [2.24, 2.45) is 0 Å². The minimum atomic E-state index is -0.586. The third kappa shape index (κ3) is 5.29. The number of nitrogens with one attached hydrogen (secondary N) is 2. The van der Waals surface area contributed by atoms with E-state index >= 15 is 0 Å². The van der Waals surface area contributed by atoms with Crippen LogP contribution in [0, 0.1) is 5.82 Å². The molecule has 0 bridgehead atoms. The minimum absolute atomic E-state index is 0.0360. The Bertz CT molecular complexity index is 473. The molecule has 1 aromatic carbocycles. The number of carbonyl (C=O) groups is 1. The Hall–Kier alpha value is -1.13. The summed E-state index contributed by atoms with van der Waals surface area (Å²) in [7, 11) is 0. The molecule has 116 valence electrons. The summed E-state index contributed by atoms with van der Waals surface area (Å²) < 4.78 is 13.6. The van der Waals surface area contributed by atoms with Crippen molar-refractivity contribution in [3.8, 4) is 0 Å². The van der Waals surface area contributed by atoms with Gasteiger partial charge < -0.3 is 10.6 Å². The second kappa shape index (κ2) is 8.35. The molecule has 0 unspecified atom stereocenters. The summed E-state index contributed by atoms with van der Waals surface area (Å²) in [5.41, 5.74) is 0.0360. The Labute approximate surface area is 130 Å². The second-order valence-electron chi connectivity index (χ2n) is 5.52. The van der Waals surface area contributed by atoms with Crippen LogP contribution in [0.4, 0.5) is 4.39 Å². The van der Waals surface area contributed by atoms with Gasteiger partial charge in [-0.3, -0.25) is 4.79 Å². The van der Waals surface area contributed by atoms with Crippen molar-refractivity contribution in [1.29, 1.82) is 0 Å². The van der Waals surface area contributed by atoms with Gasteiger partial charge in [0.2, 0.25) is 0 Å². The zero-order valence-corrected chi connectivity index (χ0v) is 12.9. The van der Waals surface area contributed by atoms with E-state index in [1.165, 1.54) is 50.7 Å². The molecule has 3 nitrogen and oxygen atoms in total. The molecule has 0 heterocycles. The normalized spacial score (nSPS) is 16.5. The van der Waals surface area contributed by atoms with Crippen molar-refractivity contribution in [3.63, 3.8) is 0 Å². The van der Waals surface area contributed by atoms with Crippen LogP contribution in [0.5, 0.6) is 0 Å². The molecule has 1 aromatic rings. The van der Waals surface area contributed by atoms with E-state index in [-0.39, 0.29) is 5.56 Å². The first-order valence-electron chi connectivity index (χ1n) is 7.63. The van der Waals surface area contributed by atoms with E-state index in [2.05, 4.69) is 10.6 Å². The Balaban J connectivity index is 1.71. The maximum absolute atomic E-state index is 13.6. The summed E-state index contributed by atoms with van der Waals surface area (Å²) in [6.45, 7) is 1.21. The highest BCUT2D eigenvalue weighted by Crippen LogP contribution is 2.17. The highest BCUT2D eigenvalue weighted by atomic mass is 35.5. The SMILES string of the molecule is O=C(NCCNC1CCCCCC1)c1ccc(Cl)cc1F. The highest BCUT2D eigenvalue weighted by molar-refractivity contribution is 6.30. The van der Waals surface area contributed by atoms with E-state index in [9.17, 15) is 9.18 Å². The molecule has 0 spiro atoms. The molecule has 1 saturated carbocycles. The molecule has 0 saturated heterocycles. The van der Waals surface area contributed by atoms with Gasteiger partial charge in [-0.15, -0.1) is 0 Å². The summed E-state index contributed by atoms with van der Waals surface area (Å²) in [5.74, 6) is -0.983. The fraction of sp³-hybridized carbons (Fsp3) is 0.562. The fourth-order valence-electron chi connectivity index (χ4n) is 2.70. The first kappa shape index (κ1) is 16.2. The highest BCUT2D eigenvalue weighted by Gasteiger charge is 2.13. The lowest BCUT2D eigenvalue weighted by Crippen LogP contribution is -2.37. The van der Waals surface area contributed by atoms with Gasteiger partial charge >= 0.3 is 0 Å². The number of hydrogen-bond acceptors (Lipinski definition) is 2. The molecule has 5 heteroatoms. The van der Waals surface area contributed by atoms with Crippen LogP contribution in [0.3, 0.4) is 0 Å². The van der Waals surface area contributed by atoms with Crippen molar-refractivity contribution < 1.29 is 9.18 Å². The molecule has 0 radical (unpaired) electrons. The van der Waals surface area contributed by atoms with Gasteiger partial charge in [-0.2, -0.15) is 0 Å². The van der Waals surface area contributed by atoms with Gasteiger partial charge in [0.25, 0.3) is 5.91 Å². The molecule has 1 amide bonds. The lowest BCUT2D eigenvalue weighted by molar-refractivity contribution is 0.0949. The third-order valence-electron chi connectivity index (χ3n) is 3.87. The zero-order chi connectivity index (χ0) is 15.1. The summed E-state index contributed by atoms with van der Waals surface area (Å²) >= 11 is 5.67. The van der Waals surface area contributed by atoms with Crippen LogP contribution in [-0.2, 0) is 0 Å². The molecule has 0 aromatic heterocycles. The van der Waals surface area contributed by atoms with Crippen LogP contribution in [0.1, 0.15) is 48.9 Å². The third-order valence-corrected chi connectivity index (χ3v) is 4.11. The predicted molar refractivity (Wildman–Crippen MR) is 83.2 cm³/mol. The molecular weight excluding hydrogens is 291 g/mol. The van der Waals surface area contributed by atoms with Crippen molar-refractivity contribution in [2.75, 3.05) is 13.1 Å². The zero-order valence-electron chi connectivity index (χ0n) is 12.1. The number of carbonyl (C=O) groups excluding carboxylic acids is 1. The number of amides is 1. The van der Waals surface area contributed by atoms with E-state index in [0.29, 0.717) is 24.2 Å². The molecule has 2 rings (SSSR count). The molecule has 1 fully saturated rings. The van der Waals surface area contributed by atoms with Crippen LogP contribution in [-0.4, -0.2) is 25.0 Å². The van der Waals surface area contributed by atoms with Crippen molar-refractivity contribution >= 4 is 17.5 Å². The Morgan fingerprint density at radius 3 is 2.57 bits per heavy atom. The first-order valence-corrected chi connectivity index (χ1v) is 8.01. The molecule has 0 atom stereocenters. The lowest BCUT2D eigenvalue weighted by Gasteiger charge is -2.16. The van der Waals surface area contributed by atoms with E-state index in [4.69, 9.17) is 11.6 Å². The number of benzene rings is 1. The Morgan fingerprint density at radius 2 is 1.90 bits per heavy atom. The molecule has 2 N–H and O–H groups in total. The molecular formula is C16H22ClFN2O. The van der Waals surface area contributed by atoms with Gasteiger partial charge in [0.1, 0.15) is 5.82 Å². The predicted octanol–water partition coefficient (Wildman–Crippen LogP) is 3.52. The van der Waals surface area contributed by atoms with Crippen molar-refractivity contribution in [1.82, 2.24) is 10.6 Å². The fourth-order valence-corrected chi connectivity index (χ4v) is 2.86. The van der Waals surface area contributed by atoms with Crippen LogP contribution >= 0.6 is 11.6 Å². The second-order valence-corrected chi connectivity index (χ2v) is 5.96. The van der Waals surface area contributed by atoms with Crippen molar-refractivity contribution in [2.45, 2.75) is 44.6 Å². The van der Waals surface area contributed by atoms with E-state index in [1.54, 1.807) is 0 Å². The van der Waals surface area contributed by atoms with Gasteiger partial charge in [0, 0.05) is 24.2 Å². The van der Waals surface area contributed by atoms with Crippen LogP contribution in [0.2, 0.25) is 5.02 Å². The monoisotopic (exact) mass is 312 g/mol. The van der Waals surface area contributed by atoms with E-state index in [1.807, 2.05) is 0 Å². The maximum atomic E-state index is 13.6. The summed E-state index contributed by atoms with van der Waals surface area (Å²) in [6, 6.07) is 4.63. The van der Waals surface area contributed by atoms with Crippen LogP contribution in [0.15, 0.2) is 18.2 Å². The maximum Gasteiger partial charge on any atom is 0.254 e. The Morgan fingerprint density at radius 1 is 1.19 bits per heavy atom. The van der Waals surface area contributed by atoms with Gasteiger partial charge in [-0.1, -0.05) is 37.3 Å². The first-order chi connectivity index (χ1) is 10.2. The summed E-state index contributed by atoms with van der Waals surface area (Å²) in [6.07, 6.45) is 7.62. The largest absolute Gasteiger partial charge is 0.351 e. The summed E-state index contributed by atoms with van der Waals surface area (Å²) in [4.78, 5) is 11.9. The van der Waals surface area contributed by atoms with Gasteiger partial charge in [-0.25, -0.2) is 4.39 Å². The van der Waals surface area contributed by atoms with Gasteiger partial charge in [-0.05, 0) is 31.0 Å². The van der Waals surface area contributed by atoms with Crippen molar-refractivity contribution in [3.05, 3.63) is 34.6 Å². The molecule has 1 aliphatic rings. The Kier molecular flexibility index (Phi) is 6.46. The number of halogens is 2. The minimum Gasteiger partial charge on any atom is -0.351 e. The van der Waals surface area contributed by atoms with Crippen LogP contribution < -0.4 is 10.6 Å². The van der Waals surface area contributed by atoms with Gasteiger partial charge in [0.05, 0.1) is 5.56 Å². The lowest BCUT2D eigenvalue weighted by atomic mass is 10.1. The number of rotatable bonds is 5. The topological polar surface area (TPSA) is 41.1 Å². The molecule has 21 heavy (non-hydrogen) atoms. The van der Waals surface area contributed by atoms with Gasteiger partial charge in [0.15, 0.2) is 0 Å². The molecule has 1 aliphatic carbocycles.